The van der Waals surface area contributed by atoms with Gasteiger partial charge in [-0.2, -0.15) is 0 Å². The first-order valence-corrected chi connectivity index (χ1v) is 8.37. The number of aromatic nitrogens is 1. The van der Waals surface area contributed by atoms with Crippen molar-refractivity contribution < 1.29 is 4.79 Å². The standard InChI is InChI=1S/C20H23NO2/c1-13(2)21-19(11-10-18(14(3)22)20(21)23)17-9-8-15-6-4-5-7-16(15)12-17/h8-13H,4-7H2,1-3H3. The smallest absolute Gasteiger partial charge is 0.262 e. The van der Waals surface area contributed by atoms with E-state index >= 15 is 0 Å². The fourth-order valence-corrected chi connectivity index (χ4v) is 3.46. The molecule has 0 saturated heterocycles. The maximum absolute atomic E-state index is 12.7. The summed E-state index contributed by atoms with van der Waals surface area (Å²) in [5.41, 5.74) is 4.85. The molecule has 1 aromatic heterocycles. The highest BCUT2D eigenvalue weighted by Gasteiger charge is 2.17. The van der Waals surface area contributed by atoms with Crippen molar-refractivity contribution in [3.63, 3.8) is 0 Å². The molecular formula is C20H23NO2. The second kappa shape index (κ2) is 6.15. The van der Waals surface area contributed by atoms with Gasteiger partial charge < -0.3 is 4.57 Å². The average Bonchev–Trinajstić information content (AvgIpc) is 2.53. The average molecular weight is 309 g/mol. The third-order valence-corrected chi connectivity index (χ3v) is 4.66. The molecule has 23 heavy (non-hydrogen) atoms. The van der Waals surface area contributed by atoms with Crippen molar-refractivity contribution >= 4 is 5.78 Å². The summed E-state index contributed by atoms with van der Waals surface area (Å²) >= 11 is 0. The molecule has 120 valence electrons. The van der Waals surface area contributed by atoms with Crippen LogP contribution < -0.4 is 5.56 Å². The first-order valence-electron chi connectivity index (χ1n) is 8.37. The molecule has 1 aromatic carbocycles. The van der Waals surface area contributed by atoms with E-state index in [1.807, 2.05) is 19.9 Å². The monoisotopic (exact) mass is 309 g/mol. The van der Waals surface area contributed by atoms with Crippen LogP contribution in [0.5, 0.6) is 0 Å². The van der Waals surface area contributed by atoms with Gasteiger partial charge in [0, 0.05) is 6.04 Å². The summed E-state index contributed by atoms with van der Waals surface area (Å²) in [6, 6.07) is 10.1. The molecule has 3 rings (SSSR count). The molecule has 0 aliphatic heterocycles. The highest BCUT2D eigenvalue weighted by atomic mass is 16.1. The Kier molecular flexibility index (Phi) is 4.20. The van der Waals surface area contributed by atoms with Crippen LogP contribution in [0.3, 0.4) is 0 Å². The number of hydrogen-bond acceptors (Lipinski definition) is 2. The van der Waals surface area contributed by atoms with Gasteiger partial charge in [0.25, 0.3) is 5.56 Å². The maximum Gasteiger partial charge on any atom is 0.262 e. The molecule has 0 spiro atoms. The first-order chi connectivity index (χ1) is 11.0. The SMILES string of the molecule is CC(=O)c1ccc(-c2ccc3c(c2)CCCC3)n(C(C)C)c1=O. The molecule has 0 bridgehead atoms. The Bertz CT molecular complexity index is 815. The first kappa shape index (κ1) is 15.7. The summed E-state index contributed by atoms with van der Waals surface area (Å²) < 4.78 is 1.74. The number of carbonyl (C=O) groups is 1. The third kappa shape index (κ3) is 2.88. The number of ketones is 1. The maximum atomic E-state index is 12.7. The van der Waals surface area contributed by atoms with Gasteiger partial charge in [-0.1, -0.05) is 12.1 Å². The zero-order chi connectivity index (χ0) is 16.6. The fourth-order valence-electron chi connectivity index (χ4n) is 3.46. The Hall–Kier alpha value is -2.16. The lowest BCUT2D eigenvalue weighted by Gasteiger charge is -2.20. The number of nitrogens with zero attached hydrogens (tertiary/aromatic N) is 1. The number of pyridine rings is 1. The number of hydrogen-bond donors (Lipinski definition) is 0. The fraction of sp³-hybridized carbons (Fsp3) is 0.400. The lowest BCUT2D eigenvalue weighted by Crippen LogP contribution is -2.28. The number of benzene rings is 1. The van der Waals surface area contributed by atoms with Gasteiger partial charge in [-0.25, -0.2) is 0 Å². The van der Waals surface area contributed by atoms with Crippen molar-refractivity contribution in [1.82, 2.24) is 4.57 Å². The number of rotatable bonds is 3. The molecule has 0 fully saturated rings. The van der Waals surface area contributed by atoms with Crippen LogP contribution in [0.2, 0.25) is 0 Å². The molecule has 1 aliphatic rings. The van der Waals surface area contributed by atoms with Crippen molar-refractivity contribution in [2.24, 2.45) is 0 Å². The molecule has 1 heterocycles. The lowest BCUT2D eigenvalue weighted by molar-refractivity contribution is 0.101. The van der Waals surface area contributed by atoms with Gasteiger partial charge in [-0.05, 0) is 81.3 Å². The molecule has 0 unspecified atom stereocenters. The van der Waals surface area contributed by atoms with Gasteiger partial charge in [0.2, 0.25) is 0 Å². The van der Waals surface area contributed by atoms with E-state index in [0.717, 1.165) is 24.1 Å². The minimum atomic E-state index is -0.192. The lowest BCUT2D eigenvalue weighted by atomic mass is 9.89. The minimum absolute atomic E-state index is 0.00725. The minimum Gasteiger partial charge on any atom is -0.305 e. The summed E-state index contributed by atoms with van der Waals surface area (Å²) in [5.74, 6) is -0.179. The summed E-state index contributed by atoms with van der Waals surface area (Å²) in [5, 5.41) is 0. The van der Waals surface area contributed by atoms with Gasteiger partial charge in [0.05, 0.1) is 11.3 Å². The van der Waals surface area contributed by atoms with E-state index in [1.165, 1.54) is 30.9 Å². The normalized spacial score (nSPS) is 13.9. The summed E-state index contributed by atoms with van der Waals surface area (Å²) in [7, 11) is 0. The molecule has 0 atom stereocenters. The van der Waals surface area contributed by atoms with Crippen LogP contribution in [0.4, 0.5) is 0 Å². The van der Waals surface area contributed by atoms with Crippen LogP contribution in [-0.4, -0.2) is 10.4 Å². The van der Waals surface area contributed by atoms with E-state index in [1.54, 1.807) is 10.6 Å². The van der Waals surface area contributed by atoms with E-state index in [9.17, 15) is 9.59 Å². The largest absolute Gasteiger partial charge is 0.305 e. The Labute approximate surface area is 137 Å². The zero-order valence-electron chi connectivity index (χ0n) is 14.1. The van der Waals surface area contributed by atoms with Crippen molar-refractivity contribution in [2.75, 3.05) is 0 Å². The van der Waals surface area contributed by atoms with Crippen LogP contribution in [-0.2, 0) is 12.8 Å². The molecule has 0 saturated carbocycles. The zero-order valence-corrected chi connectivity index (χ0v) is 14.1. The number of Topliss-reactive ketones (excluding diaryl/α,β-unsaturated/α-hetero) is 1. The van der Waals surface area contributed by atoms with Crippen LogP contribution in [0, 0.1) is 0 Å². The third-order valence-electron chi connectivity index (χ3n) is 4.66. The van der Waals surface area contributed by atoms with Gasteiger partial charge in [-0.15, -0.1) is 0 Å². The highest BCUT2D eigenvalue weighted by Crippen LogP contribution is 2.28. The number of carbonyl (C=O) groups excluding carboxylic acids is 1. The molecular weight excluding hydrogens is 286 g/mol. The van der Waals surface area contributed by atoms with Crippen molar-refractivity contribution in [1.29, 1.82) is 0 Å². The van der Waals surface area contributed by atoms with Gasteiger partial charge >= 0.3 is 0 Å². The Balaban J connectivity index is 2.18. The molecule has 0 radical (unpaired) electrons. The van der Waals surface area contributed by atoms with E-state index in [2.05, 4.69) is 18.2 Å². The van der Waals surface area contributed by atoms with Crippen LogP contribution in [0.25, 0.3) is 11.3 Å². The molecule has 3 heteroatoms. The van der Waals surface area contributed by atoms with Crippen LogP contribution >= 0.6 is 0 Å². The summed E-state index contributed by atoms with van der Waals surface area (Å²) in [6.45, 7) is 5.40. The molecule has 2 aromatic rings. The molecule has 3 nitrogen and oxygen atoms in total. The highest BCUT2D eigenvalue weighted by molar-refractivity contribution is 5.94. The quantitative estimate of drug-likeness (QED) is 0.798. The predicted molar refractivity (Wildman–Crippen MR) is 93.2 cm³/mol. The van der Waals surface area contributed by atoms with E-state index in [0.29, 0.717) is 0 Å². The second-order valence-corrected chi connectivity index (χ2v) is 6.65. The van der Waals surface area contributed by atoms with Gasteiger partial charge in [0.1, 0.15) is 0 Å². The molecule has 1 aliphatic carbocycles. The van der Waals surface area contributed by atoms with Crippen molar-refractivity contribution in [3.8, 4) is 11.3 Å². The topological polar surface area (TPSA) is 39.1 Å². The van der Waals surface area contributed by atoms with E-state index in [-0.39, 0.29) is 22.9 Å². The number of aryl methyl sites for hydroxylation is 2. The van der Waals surface area contributed by atoms with E-state index < -0.39 is 0 Å². The van der Waals surface area contributed by atoms with Crippen LogP contribution in [0.15, 0.2) is 35.1 Å². The van der Waals surface area contributed by atoms with E-state index in [4.69, 9.17) is 0 Å². The Morgan fingerprint density at radius 3 is 2.39 bits per heavy atom. The summed E-state index contributed by atoms with van der Waals surface area (Å²) in [6.07, 6.45) is 4.75. The van der Waals surface area contributed by atoms with Gasteiger partial charge in [-0.3, -0.25) is 9.59 Å². The molecule has 0 amide bonds. The van der Waals surface area contributed by atoms with Crippen LogP contribution in [0.1, 0.15) is 61.1 Å². The Morgan fingerprint density at radius 1 is 1.04 bits per heavy atom. The molecule has 0 N–H and O–H groups in total. The van der Waals surface area contributed by atoms with Gasteiger partial charge in [0.15, 0.2) is 5.78 Å². The van der Waals surface area contributed by atoms with Crippen molar-refractivity contribution in [3.05, 3.63) is 57.4 Å². The van der Waals surface area contributed by atoms with Crippen molar-refractivity contribution in [2.45, 2.75) is 52.5 Å². The predicted octanol–water partition coefficient (Wildman–Crippen LogP) is 4.18. The summed E-state index contributed by atoms with van der Waals surface area (Å²) in [4.78, 5) is 24.3. The number of fused-ring (bicyclic) bond motifs is 1. The Morgan fingerprint density at radius 2 is 1.74 bits per heavy atom. The second-order valence-electron chi connectivity index (χ2n) is 6.65.